The number of pyridine rings is 1. The molecule has 29 heavy (non-hydrogen) atoms. The molecule has 1 heterocycles. The van der Waals surface area contributed by atoms with Crippen molar-refractivity contribution in [2.45, 2.75) is 24.1 Å². The fourth-order valence-corrected chi connectivity index (χ4v) is 3.87. The second-order valence-electron chi connectivity index (χ2n) is 6.59. The van der Waals surface area contributed by atoms with Crippen LogP contribution in [0, 0.1) is 12.7 Å². The average molecular weight is 411 g/mol. The first kappa shape index (κ1) is 20.9. The van der Waals surface area contributed by atoms with Crippen molar-refractivity contribution < 1.29 is 13.9 Å². The molecular weight excluding hydrogens is 387 g/mol. The van der Waals surface area contributed by atoms with E-state index in [2.05, 4.69) is 16.4 Å². The van der Waals surface area contributed by atoms with E-state index in [0.717, 1.165) is 22.4 Å². The molecule has 1 N–H and O–H groups in total. The van der Waals surface area contributed by atoms with Crippen molar-refractivity contribution in [3.63, 3.8) is 0 Å². The summed E-state index contributed by atoms with van der Waals surface area (Å²) in [6.45, 7) is 2.53. The van der Waals surface area contributed by atoms with E-state index in [1.807, 2.05) is 19.1 Å². The standard InChI is InChI=1S/C23H23FN2O2S/c1-16-5-10-21(28-2)18(14-16)11-13-25-22(27)20-4-3-12-26-23(20)29-15-17-6-8-19(24)9-7-17/h3-10,12,14H,11,13,15H2,1-2H3,(H,25,27). The van der Waals surface area contributed by atoms with E-state index in [1.54, 1.807) is 37.6 Å². The zero-order chi connectivity index (χ0) is 20.6. The van der Waals surface area contributed by atoms with Gasteiger partial charge in [0.1, 0.15) is 16.6 Å². The lowest BCUT2D eigenvalue weighted by Crippen LogP contribution is -2.26. The van der Waals surface area contributed by atoms with Crippen molar-refractivity contribution in [1.29, 1.82) is 0 Å². The predicted molar refractivity (Wildman–Crippen MR) is 114 cm³/mol. The number of nitrogens with one attached hydrogen (secondary N) is 1. The molecule has 0 unspecified atom stereocenters. The molecule has 6 heteroatoms. The van der Waals surface area contributed by atoms with Crippen molar-refractivity contribution in [3.8, 4) is 5.75 Å². The minimum absolute atomic E-state index is 0.161. The van der Waals surface area contributed by atoms with E-state index >= 15 is 0 Å². The molecule has 0 atom stereocenters. The molecule has 4 nitrogen and oxygen atoms in total. The summed E-state index contributed by atoms with van der Waals surface area (Å²) < 4.78 is 18.4. The first-order chi connectivity index (χ1) is 14.1. The first-order valence-electron chi connectivity index (χ1n) is 9.31. The van der Waals surface area contributed by atoms with Gasteiger partial charge in [-0.05, 0) is 54.8 Å². The topological polar surface area (TPSA) is 51.2 Å². The number of hydrogen-bond donors (Lipinski definition) is 1. The number of ether oxygens (including phenoxy) is 1. The molecule has 150 valence electrons. The summed E-state index contributed by atoms with van der Waals surface area (Å²) in [5.41, 5.74) is 3.72. The molecule has 0 aliphatic carbocycles. The summed E-state index contributed by atoms with van der Waals surface area (Å²) in [4.78, 5) is 17.0. The second-order valence-corrected chi connectivity index (χ2v) is 7.56. The second kappa shape index (κ2) is 10.1. The van der Waals surface area contributed by atoms with Crippen LogP contribution in [0.3, 0.4) is 0 Å². The number of aryl methyl sites for hydroxylation is 1. The maximum Gasteiger partial charge on any atom is 0.254 e. The van der Waals surface area contributed by atoms with Crippen molar-refractivity contribution in [3.05, 3.63) is 88.9 Å². The van der Waals surface area contributed by atoms with Crippen LogP contribution in [0.25, 0.3) is 0 Å². The number of halogens is 1. The molecule has 2 aromatic carbocycles. The monoisotopic (exact) mass is 410 g/mol. The van der Waals surface area contributed by atoms with Gasteiger partial charge in [-0.1, -0.05) is 29.8 Å². The Kier molecular flexibility index (Phi) is 7.25. The Morgan fingerprint density at radius 3 is 2.72 bits per heavy atom. The maximum atomic E-state index is 13.1. The predicted octanol–water partition coefficient (Wildman–Crippen LogP) is 4.80. The minimum Gasteiger partial charge on any atom is -0.496 e. The largest absolute Gasteiger partial charge is 0.496 e. The smallest absolute Gasteiger partial charge is 0.254 e. The fraction of sp³-hybridized carbons (Fsp3) is 0.217. The Hall–Kier alpha value is -2.86. The van der Waals surface area contributed by atoms with E-state index in [1.165, 1.54) is 23.9 Å². The maximum absolute atomic E-state index is 13.1. The number of amides is 1. The Morgan fingerprint density at radius 1 is 1.17 bits per heavy atom. The van der Waals surface area contributed by atoms with Gasteiger partial charge in [-0.15, -0.1) is 11.8 Å². The third-order valence-corrected chi connectivity index (χ3v) is 5.50. The van der Waals surface area contributed by atoms with Crippen LogP contribution in [0.1, 0.15) is 27.0 Å². The van der Waals surface area contributed by atoms with Gasteiger partial charge >= 0.3 is 0 Å². The summed E-state index contributed by atoms with van der Waals surface area (Å²) in [5.74, 6) is 1.01. The van der Waals surface area contributed by atoms with E-state index < -0.39 is 0 Å². The molecule has 0 saturated heterocycles. The Bertz CT molecular complexity index is 977. The molecule has 0 bridgehead atoms. The first-order valence-corrected chi connectivity index (χ1v) is 10.3. The summed E-state index contributed by atoms with van der Waals surface area (Å²) >= 11 is 1.46. The number of benzene rings is 2. The normalized spacial score (nSPS) is 10.6. The number of hydrogen-bond acceptors (Lipinski definition) is 4. The molecule has 0 aliphatic heterocycles. The quantitative estimate of drug-likeness (QED) is 0.542. The molecular formula is C23H23FN2O2S. The third kappa shape index (κ3) is 5.81. The molecule has 0 aliphatic rings. The van der Waals surface area contributed by atoms with Crippen LogP contribution in [0.4, 0.5) is 4.39 Å². The van der Waals surface area contributed by atoms with Gasteiger partial charge in [0.2, 0.25) is 0 Å². The van der Waals surface area contributed by atoms with Crippen LogP contribution in [0.5, 0.6) is 5.75 Å². The van der Waals surface area contributed by atoms with Crippen LogP contribution in [-0.4, -0.2) is 24.5 Å². The molecule has 0 radical (unpaired) electrons. The molecule has 3 rings (SSSR count). The van der Waals surface area contributed by atoms with Gasteiger partial charge in [0.05, 0.1) is 12.7 Å². The number of rotatable bonds is 8. The summed E-state index contributed by atoms with van der Waals surface area (Å²) in [6, 6.07) is 15.9. The van der Waals surface area contributed by atoms with E-state index in [4.69, 9.17) is 4.74 Å². The van der Waals surface area contributed by atoms with Gasteiger partial charge in [0, 0.05) is 18.5 Å². The van der Waals surface area contributed by atoms with E-state index in [9.17, 15) is 9.18 Å². The number of aromatic nitrogens is 1. The van der Waals surface area contributed by atoms with Crippen molar-refractivity contribution >= 4 is 17.7 Å². The zero-order valence-electron chi connectivity index (χ0n) is 16.4. The number of thioether (sulfide) groups is 1. The highest BCUT2D eigenvalue weighted by Gasteiger charge is 2.13. The van der Waals surface area contributed by atoms with Crippen molar-refractivity contribution in [2.75, 3.05) is 13.7 Å². The van der Waals surface area contributed by atoms with E-state index in [0.29, 0.717) is 29.3 Å². The SMILES string of the molecule is COc1ccc(C)cc1CCNC(=O)c1cccnc1SCc1ccc(F)cc1. The van der Waals surface area contributed by atoms with Crippen molar-refractivity contribution in [2.24, 2.45) is 0 Å². The van der Waals surface area contributed by atoms with Crippen LogP contribution in [-0.2, 0) is 12.2 Å². The Labute approximate surface area is 174 Å². The summed E-state index contributed by atoms with van der Waals surface area (Å²) in [7, 11) is 1.65. The number of nitrogens with zero attached hydrogens (tertiary/aromatic N) is 1. The lowest BCUT2D eigenvalue weighted by atomic mass is 10.1. The molecule has 0 saturated carbocycles. The van der Waals surface area contributed by atoms with Gasteiger partial charge in [-0.3, -0.25) is 4.79 Å². The van der Waals surface area contributed by atoms with Crippen LogP contribution < -0.4 is 10.1 Å². The number of carbonyl (C=O) groups is 1. The number of carbonyl (C=O) groups excluding carboxylic acids is 1. The van der Waals surface area contributed by atoms with Gasteiger partial charge in [0.25, 0.3) is 5.91 Å². The van der Waals surface area contributed by atoms with Crippen LogP contribution in [0.15, 0.2) is 65.8 Å². The molecule has 3 aromatic rings. The summed E-state index contributed by atoms with van der Waals surface area (Å²) in [5, 5.41) is 3.62. The number of methoxy groups -OCH3 is 1. The Balaban J connectivity index is 1.61. The highest BCUT2D eigenvalue weighted by Crippen LogP contribution is 2.24. The van der Waals surface area contributed by atoms with Crippen LogP contribution in [0.2, 0.25) is 0 Å². The average Bonchev–Trinajstić information content (AvgIpc) is 2.73. The van der Waals surface area contributed by atoms with Crippen LogP contribution >= 0.6 is 11.8 Å². The highest BCUT2D eigenvalue weighted by molar-refractivity contribution is 7.98. The van der Waals surface area contributed by atoms with Gasteiger partial charge in [-0.2, -0.15) is 0 Å². The molecule has 1 amide bonds. The fourth-order valence-electron chi connectivity index (χ4n) is 2.92. The minimum atomic E-state index is -0.262. The molecule has 1 aromatic heterocycles. The lowest BCUT2D eigenvalue weighted by Gasteiger charge is -2.11. The highest BCUT2D eigenvalue weighted by atomic mass is 32.2. The van der Waals surface area contributed by atoms with E-state index in [-0.39, 0.29) is 11.7 Å². The van der Waals surface area contributed by atoms with Gasteiger partial charge < -0.3 is 10.1 Å². The third-order valence-electron chi connectivity index (χ3n) is 4.42. The summed E-state index contributed by atoms with van der Waals surface area (Å²) in [6.07, 6.45) is 2.34. The van der Waals surface area contributed by atoms with Crippen molar-refractivity contribution in [1.82, 2.24) is 10.3 Å². The lowest BCUT2D eigenvalue weighted by molar-refractivity contribution is 0.0950. The van der Waals surface area contributed by atoms with Gasteiger partial charge in [-0.25, -0.2) is 9.37 Å². The molecule has 0 fully saturated rings. The molecule has 0 spiro atoms. The van der Waals surface area contributed by atoms with Gasteiger partial charge in [0.15, 0.2) is 0 Å². The Morgan fingerprint density at radius 2 is 1.97 bits per heavy atom. The zero-order valence-corrected chi connectivity index (χ0v) is 17.3.